The summed E-state index contributed by atoms with van der Waals surface area (Å²) in [5.74, 6) is 0.695. The number of hydrogen-bond acceptors (Lipinski definition) is 2. The quantitative estimate of drug-likeness (QED) is 0.783. The van der Waals surface area contributed by atoms with Gasteiger partial charge in [0, 0.05) is 10.0 Å². The van der Waals surface area contributed by atoms with Gasteiger partial charge in [0.1, 0.15) is 10.3 Å². The predicted octanol–water partition coefficient (Wildman–Crippen LogP) is 4.74. The first-order chi connectivity index (χ1) is 8.90. The molecule has 0 amide bonds. The van der Waals surface area contributed by atoms with Crippen LogP contribution in [0.15, 0.2) is 31.9 Å². The van der Waals surface area contributed by atoms with Crippen LogP contribution in [0.25, 0.3) is 11.4 Å². The average molecular weight is 407 g/mol. The van der Waals surface area contributed by atoms with Crippen LogP contribution >= 0.6 is 43.5 Å². The number of benzene rings is 1. The molecule has 100 valence electrons. The van der Waals surface area contributed by atoms with Gasteiger partial charge in [-0.3, -0.25) is 4.79 Å². The number of aromatic amines is 1. The lowest BCUT2D eigenvalue weighted by molar-refractivity contribution is 0.803. The van der Waals surface area contributed by atoms with Crippen LogP contribution in [0.3, 0.4) is 0 Å². The molecular formula is C13H11Br2ClN2O. The van der Waals surface area contributed by atoms with Crippen LogP contribution in [0.5, 0.6) is 0 Å². The summed E-state index contributed by atoms with van der Waals surface area (Å²) in [5.41, 5.74) is 1.37. The van der Waals surface area contributed by atoms with E-state index in [4.69, 9.17) is 11.6 Å². The summed E-state index contributed by atoms with van der Waals surface area (Å²) in [6, 6.07) is 5.42. The monoisotopic (exact) mass is 404 g/mol. The standard InChI is InChI=1S/C13H11Br2ClN2O/c1-6(2)11-10(15)13(19)18-12(17-11)7-3-4-9(16)8(14)5-7/h3-6H,1-2H3,(H,17,18,19). The van der Waals surface area contributed by atoms with Crippen molar-refractivity contribution in [3.05, 3.63) is 48.2 Å². The van der Waals surface area contributed by atoms with Crippen molar-refractivity contribution in [1.82, 2.24) is 9.97 Å². The molecule has 0 spiro atoms. The zero-order valence-corrected chi connectivity index (χ0v) is 14.2. The lowest BCUT2D eigenvalue weighted by Gasteiger charge is -2.10. The third-order valence-corrected chi connectivity index (χ3v) is 4.61. The van der Waals surface area contributed by atoms with Crippen LogP contribution in [0.4, 0.5) is 0 Å². The molecule has 3 nitrogen and oxygen atoms in total. The highest BCUT2D eigenvalue weighted by Crippen LogP contribution is 2.28. The maximum Gasteiger partial charge on any atom is 0.265 e. The summed E-state index contributed by atoms with van der Waals surface area (Å²) in [4.78, 5) is 19.2. The Labute approximate surface area is 132 Å². The van der Waals surface area contributed by atoms with E-state index in [0.29, 0.717) is 15.3 Å². The van der Waals surface area contributed by atoms with Gasteiger partial charge in [0.05, 0.1) is 10.7 Å². The number of hydrogen-bond donors (Lipinski definition) is 1. The molecule has 2 rings (SSSR count). The van der Waals surface area contributed by atoms with Crippen molar-refractivity contribution >= 4 is 43.5 Å². The van der Waals surface area contributed by atoms with Crippen molar-refractivity contribution in [3.8, 4) is 11.4 Å². The van der Waals surface area contributed by atoms with Crippen LogP contribution in [0, 0.1) is 0 Å². The first-order valence-electron chi connectivity index (χ1n) is 5.65. The average Bonchev–Trinajstić information content (AvgIpc) is 2.35. The zero-order chi connectivity index (χ0) is 14.2. The second-order valence-corrected chi connectivity index (χ2v) is 6.45. The lowest BCUT2D eigenvalue weighted by atomic mass is 10.1. The minimum atomic E-state index is -0.181. The summed E-state index contributed by atoms with van der Waals surface area (Å²) in [5, 5.41) is 0.618. The molecule has 6 heteroatoms. The van der Waals surface area contributed by atoms with Crippen LogP contribution in [-0.2, 0) is 0 Å². The van der Waals surface area contributed by atoms with Gasteiger partial charge in [-0.2, -0.15) is 0 Å². The third kappa shape index (κ3) is 3.09. The smallest absolute Gasteiger partial charge is 0.265 e. The number of halogens is 3. The summed E-state index contributed by atoms with van der Waals surface area (Å²) in [6.07, 6.45) is 0. The van der Waals surface area contributed by atoms with Crippen molar-refractivity contribution in [3.63, 3.8) is 0 Å². The molecule has 0 bridgehead atoms. The molecule has 0 saturated carbocycles. The van der Waals surface area contributed by atoms with E-state index in [0.717, 1.165) is 15.7 Å². The molecule has 0 atom stereocenters. The molecule has 1 N–H and O–H groups in total. The SMILES string of the molecule is CC(C)c1nc(-c2ccc(Cl)c(Br)c2)[nH]c(=O)c1Br. The Morgan fingerprint density at radius 3 is 2.58 bits per heavy atom. The van der Waals surface area contributed by atoms with Crippen molar-refractivity contribution in [1.29, 1.82) is 0 Å². The molecule has 0 aliphatic carbocycles. The van der Waals surface area contributed by atoms with E-state index >= 15 is 0 Å². The Morgan fingerprint density at radius 1 is 1.32 bits per heavy atom. The molecule has 19 heavy (non-hydrogen) atoms. The van der Waals surface area contributed by atoms with Gasteiger partial charge in [-0.25, -0.2) is 4.98 Å². The first kappa shape index (κ1) is 14.8. The van der Waals surface area contributed by atoms with E-state index in [-0.39, 0.29) is 11.5 Å². The minimum absolute atomic E-state index is 0.158. The molecule has 0 saturated heterocycles. The summed E-state index contributed by atoms with van der Waals surface area (Å²) in [6.45, 7) is 3.99. The fourth-order valence-corrected chi connectivity index (χ4v) is 2.78. The van der Waals surface area contributed by atoms with Crippen LogP contribution in [0.2, 0.25) is 5.02 Å². The first-order valence-corrected chi connectivity index (χ1v) is 7.61. The van der Waals surface area contributed by atoms with Gasteiger partial charge in [0.25, 0.3) is 5.56 Å². The largest absolute Gasteiger partial charge is 0.306 e. The molecule has 0 aliphatic heterocycles. The lowest BCUT2D eigenvalue weighted by Crippen LogP contribution is -2.14. The van der Waals surface area contributed by atoms with E-state index in [1.54, 1.807) is 6.07 Å². The Morgan fingerprint density at radius 2 is 2.00 bits per heavy atom. The molecule has 2 aromatic rings. The fourth-order valence-electron chi connectivity index (χ4n) is 1.64. The van der Waals surface area contributed by atoms with Crippen molar-refractivity contribution in [2.75, 3.05) is 0 Å². The normalized spacial score (nSPS) is 11.1. The number of H-pyrrole nitrogens is 1. The van der Waals surface area contributed by atoms with E-state index in [1.165, 1.54) is 0 Å². The Kier molecular flexibility index (Phi) is 4.48. The van der Waals surface area contributed by atoms with Gasteiger partial charge in [-0.05, 0) is 56.0 Å². The molecule has 1 aromatic heterocycles. The Bertz CT molecular complexity index is 683. The van der Waals surface area contributed by atoms with Crippen molar-refractivity contribution < 1.29 is 0 Å². The van der Waals surface area contributed by atoms with Gasteiger partial charge in [-0.1, -0.05) is 25.4 Å². The van der Waals surface area contributed by atoms with Gasteiger partial charge in [-0.15, -0.1) is 0 Å². The summed E-state index contributed by atoms with van der Waals surface area (Å²) >= 11 is 12.6. The van der Waals surface area contributed by atoms with E-state index in [2.05, 4.69) is 41.8 Å². The topological polar surface area (TPSA) is 45.8 Å². The van der Waals surface area contributed by atoms with Crippen molar-refractivity contribution in [2.24, 2.45) is 0 Å². The highest BCUT2D eigenvalue weighted by atomic mass is 79.9. The Balaban J connectivity index is 2.63. The maximum absolute atomic E-state index is 11.9. The van der Waals surface area contributed by atoms with Gasteiger partial charge < -0.3 is 4.98 Å². The second kappa shape index (κ2) is 5.77. The van der Waals surface area contributed by atoms with Gasteiger partial charge >= 0.3 is 0 Å². The van der Waals surface area contributed by atoms with E-state index in [1.807, 2.05) is 26.0 Å². The molecule has 0 radical (unpaired) electrons. The van der Waals surface area contributed by atoms with Crippen LogP contribution < -0.4 is 5.56 Å². The third-order valence-electron chi connectivity index (χ3n) is 2.63. The van der Waals surface area contributed by atoms with E-state index in [9.17, 15) is 4.79 Å². The second-order valence-electron chi connectivity index (χ2n) is 4.40. The van der Waals surface area contributed by atoms with E-state index < -0.39 is 0 Å². The number of rotatable bonds is 2. The fraction of sp³-hybridized carbons (Fsp3) is 0.231. The van der Waals surface area contributed by atoms with Crippen LogP contribution in [0.1, 0.15) is 25.5 Å². The number of nitrogens with zero attached hydrogens (tertiary/aromatic N) is 1. The van der Waals surface area contributed by atoms with Crippen molar-refractivity contribution in [2.45, 2.75) is 19.8 Å². The minimum Gasteiger partial charge on any atom is -0.306 e. The van der Waals surface area contributed by atoms with Gasteiger partial charge in [0.2, 0.25) is 0 Å². The summed E-state index contributed by atoms with van der Waals surface area (Å²) in [7, 11) is 0. The molecule has 0 aliphatic rings. The molecule has 1 heterocycles. The summed E-state index contributed by atoms with van der Waals surface area (Å²) < 4.78 is 1.25. The molecular weight excluding hydrogens is 395 g/mol. The number of nitrogens with one attached hydrogen (secondary N) is 1. The molecule has 0 fully saturated rings. The Hall–Kier alpha value is -0.650. The van der Waals surface area contributed by atoms with Gasteiger partial charge in [0.15, 0.2) is 0 Å². The highest BCUT2D eigenvalue weighted by molar-refractivity contribution is 9.10. The maximum atomic E-state index is 11.9. The van der Waals surface area contributed by atoms with Crippen LogP contribution in [-0.4, -0.2) is 9.97 Å². The molecule has 0 unspecified atom stereocenters. The zero-order valence-electron chi connectivity index (χ0n) is 10.3. The predicted molar refractivity (Wildman–Crippen MR) is 84.8 cm³/mol. The highest BCUT2D eigenvalue weighted by Gasteiger charge is 2.13. The molecule has 1 aromatic carbocycles. The number of aromatic nitrogens is 2.